The van der Waals surface area contributed by atoms with Crippen molar-refractivity contribution in [3.8, 4) is 34.7 Å². The van der Waals surface area contributed by atoms with Crippen LogP contribution in [0.2, 0.25) is 0 Å². The lowest BCUT2D eigenvalue weighted by Gasteiger charge is -2.24. The molecule has 3 aromatic rings. The number of nitrogens with one attached hydrogen (secondary N) is 1. The number of nitro groups is 1. The minimum Gasteiger partial charge on any atom is -0.504 e. The van der Waals surface area contributed by atoms with Gasteiger partial charge in [0.15, 0.2) is 5.75 Å². The number of fused-ring (bicyclic) bond motifs is 1. The van der Waals surface area contributed by atoms with E-state index in [0.717, 1.165) is 5.56 Å². The number of hydrogen-bond acceptors (Lipinski definition) is 8. The lowest BCUT2D eigenvalue weighted by Crippen LogP contribution is -2.21. The van der Waals surface area contributed by atoms with Crippen molar-refractivity contribution in [2.45, 2.75) is 5.92 Å². The second-order valence-corrected chi connectivity index (χ2v) is 6.46. The van der Waals surface area contributed by atoms with Gasteiger partial charge in [-0.3, -0.25) is 15.2 Å². The number of ether oxygens (including phenoxy) is 2. The Bertz CT molecular complexity index is 1230. The number of H-pyrrole nitrogens is 1. The molecular formula is C20H15N5O5. The number of allylic oxidation sites excluding steroid dienone is 1. The van der Waals surface area contributed by atoms with Crippen molar-refractivity contribution in [1.82, 2.24) is 10.2 Å². The van der Waals surface area contributed by atoms with E-state index in [1.54, 1.807) is 0 Å². The maximum Gasteiger partial charge on any atom is 0.315 e. The topological polar surface area (TPSA) is 160 Å². The van der Waals surface area contributed by atoms with Crippen molar-refractivity contribution in [2.75, 3.05) is 7.11 Å². The molecule has 10 nitrogen and oxygen atoms in total. The molecule has 1 unspecified atom stereocenters. The molecule has 150 valence electrons. The minimum absolute atomic E-state index is 0.0416. The number of rotatable bonds is 4. The summed E-state index contributed by atoms with van der Waals surface area (Å²) < 4.78 is 10.5. The monoisotopic (exact) mass is 405 g/mol. The number of hydrogen-bond donors (Lipinski definition) is 3. The van der Waals surface area contributed by atoms with Crippen LogP contribution >= 0.6 is 0 Å². The molecule has 2 aromatic carbocycles. The van der Waals surface area contributed by atoms with E-state index in [2.05, 4.69) is 10.2 Å². The highest BCUT2D eigenvalue weighted by Gasteiger charge is 2.37. The van der Waals surface area contributed by atoms with Gasteiger partial charge in [0.2, 0.25) is 17.5 Å². The van der Waals surface area contributed by atoms with Gasteiger partial charge in [-0.1, -0.05) is 30.3 Å². The molecule has 0 saturated carbocycles. The summed E-state index contributed by atoms with van der Waals surface area (Å²) in [6.07, 6.45) is 0. The van der Waals surface area contributed by atoms with Gasteiger partial charge in [0, 0.05) is 6.07 Å². The summed E-state index contributed by atoms with van der Waals surface area (Å²) in [5.74, 6) is -1.59. The van der Waals surface area contributed by atoms with Gasteiger partial charge in [-0.05, 0) is 17.2 Å². The van der Waals surface area contributed by atoms with Crippen molar-refractivity contribution < 1.29 is 19.5 Å². The van der Waals surface area contributed by atoms with E-state index in [9.17, 15) is 20.5 Å². The molecule has 4 rings (SSSR count). The Morgan fingerprint density at radius 3 is 2.73 bits per heavy atom. The molecule has 0 aliphatic carbocycles. The Labute approximate surface area is 169 Å². The van der Waals surface area contributed by atoms with Crippen LogP contribution in [0.5, 0.6) is 17.4 Å². The predicted octanol–water partition coefficient (Wildman–Crippen LogP) is 2.92. The normalized spacial score (nSPS) is 15.1. The van der Waals surface area contributed by atoms with E-state index in [1.165, 1.54) is 19.2 Å². The van der Waals surface area contributed by atoms with Crippen molar-refractivity contribution in [2.24, 2.45) is 5.73 Å². The molecule has 1 aliphatic rings. The van der Waals surface area contributed by atoms with E-state index < -0.39 is 22.3 Å². The van der Waals surface area contributed by atoms with Crippen LogP contribution in [0.25, 0.3) is 11.3 Å². The van der Waals surface area contributed by atoms with Gasteiger partial charge >= 0.3 is 5.69 Å². The van der Waals surface area contributed by atoms with Gasteiger partial charge in [-0.2, -0.15) is 5.26 Å². The number of nitrogens with zero attached hydrogens (tertiary/aromatic N) is 3. The first-order valence-electron chi connectivity index (χ1n) is 8.72. The Kier molecular flexibility index (Phi) is 4.48. The molecule has 0 spiro atoms. The lowest BCUT2D eigenvalue weighted by molar-refractivity contribution is -0.385. The SMILES string of the molecule is COc1c(O)cc(C2C(C#N)=C(N)Oc3n[nH]c(-c4ccccc4)c32)cc1[N+](=O)[O-]. The van der Waals surface area contributed by atoms with E-state index >= 15 is 0 Å². The summed E-state index contributed by atoms with van der Waals surface area (Å²) in [5.41, 5.74) is 7.61. The summed E-state index contributed by atoms with van der Waals surface area (Å²) in [4.78, 5) is 10.9. The fourth-order valence-corrected chi connectivity index (χ4v) is 3.53. The van der Waals surface area contributed by atoms with Crippen molar-refractivity contribution in [3.63, 3.8) is 0 Å². The highest BCUT2D eigenvalue weighted by atomic mass is 16.6. The van der Waals surface area contributed by atoms with Crippen LogP contribution in [-0.2, 0) is 0 Å². The number of phenolic OH excluding ortho intramolecular Hbond substituents is 1. The molecule has 0 bridgehead atoms. The number of phenols is 1. The summed E-state index contributed by atoms with van der Waals surface area (Å²) in [7, 11) is 1.22. The smallest absolute Gasteiger partial charge is 0.315 e. The second-order valence-electron chi connectivity index (χ2n) is 6.46. The van der Waals surface area contributed by atoms with Crippen LogP contribution < -0.4 is 15.2 Å². The molecule has 0 amide bonds. The third-order valence-electron chi connectivity index (χ3n) is 4.81. The fourth-order valence-electron chi connectivity index (χ4n) is 3.53. The Hall–Kier alpha value is -4.52. The zero-order valence-corrected chi connectivity index (χ0v) is 15.6. The van der Waals surface area contributed by atoms with Gasteiger partial charge < -0.3 is 20.3 Å². The lowest BCUT2D eigenvalue weighted by atomic mass is 9.82. The maximum absolute atomic E-state index is 11.5. The number of methoxy groups -OCH3 is 1. The van der Waals surface area contributed by atoms with Crippen LogP contribution in [0, 0.1) is 21.4 Å². The van der Waals surface area contributed by atoms with Crippen molar-refractivity contribution in [3.05, 3.63) is 75.2 Å². The molecule has 30 heavy (non-hydrogen) atoms. The third-order valence-corrected chi connectivity index (χ3v) is 4.81. The molecule has 1 atom stereocenters. The fraction of sp³-hybridized carbons (Fsp3) is 0.100. The number of nitrogens with two attached hydrogens (primary N) is 1. The van der Waals surface area contributed by atoms with E-state index in [1.807, 2.05) is 36.4 Å². The van der Waals surface area contributed by atoms with E-state index in [4.69, 9.17) is 15.2 Å². The molecule has 0 radical (unpaired) electrons. The van der Waals surface area contributed by atoms with Gasteiger partial charge in [-0.25, -0.2) is 0 Å². The summed E-state index contributed by atoms with van der Waals surface area (Å²) >= 11 is 0. The Morgan fingerprint density at radius 1 is 1.37 bits per heavy atom. The Balaban J connectivity index is 2.00. The largest absolute Gasteiger partial charge is 0.504 e. The van der Waals surface area contributed by atoms with Crippen molar-refractivity contribution in [1.29, 1.82) is 5.26 Å². The van der Waals surface area contributed by atoms with Crippen LogP contribution in [-0.4, -0.2) is 27.3 Å². The van der Waals surface area contributed by atoms with Gasteiger partial charge in [-0.15, -0.1) is 5.10 Å². The number of nitro benzene ring substituents is 1. The Morgan fingerprint density at radius 2 is 2.10 bits per heavy atom. The van der Waals surface area contributed by atoms with E-state index in [-0.39, 0.29) is 28.6 Å². The average Bonchev–Trinajstić information content (AvgIpc) is 3.15. The first-order valence-corrected chi connectivity index (χ1v) is 8.72. The first-order chi connectivity index (χ1) is 14.5. The molecule has 1 aliphatic heterocycles. The maximum atomic E-state index is 11.5. The van der Waals surface area contributed by atoms with Crippen LogP contribution in [0.1, 0.15) is 17.0 Å². The summed E-state index contributed by atoms with van der Waals surface area (Å²) in [6.45, 7) is 0. The zero-order valence-electron chi connectivity index (χ0n) is 15.6. The number of aromatic hydroxyl groups is 1. The summed E-state index contributed by atoms with van der Waals surface area (Å²) in [6, 6.07) is 13.8. The first kappa shape index (κ1) is 18.8. The second kappa shape index (κ2) is 7.14. The number of benzene rings is 2. The molecule has 1 aromatic heterocycles. The number of nitriles is 1. The molecule has 0 fully saturated rings. The molecule has 10 heteroatoms. The molecule has 2 heterocycles. The number of aromatic nitrogens is 2. The van der Waals surface area contributed by atoms with Crippen LogP contribution in [0.4, 0.5) is 5.69 Å². The van der Waals surface area contributed by atoms with Gasteiger partial charge in [0.05, 0.1) is 29.2 Å². The molecule has 4 N–H and O–H groups in total. The highest BCUT2D eigenvalue weighted by molar-refractivity contribution is 5.72. The van der Waals surface area contributed by atoms with Crippen LogP contribution in [0.15, 0.2) is 53.9 Å². The van der Waals surface area contributed by atoms with Gasteiger partial charge in [0.25, 0.3) is 0 Å². The minimum atomic E-state index is -0.858. The zero-order chi connectivity index (χ0) is 21.4. The third kappa shape index (κ3) is 2.85. The highest BCUT2D eigenvalue weighted by Crippen LogP contribution is 2.48. The van der Waals surface area contributed by atoms with E-state index in [0.29, 0.717) is 11.3 Å². The predicted molar refractivity (Wildman–Crippen MR) is 105 cm³/mol. The van der Waals surface area contributed by atoms with Crippen molar-refractivity contribution >= 4 is 5.69 Å². The van der Waals surface area contributed by atoms with Crippen LogP contribution in [0.3, 0.4) is 0 Å². The average molecular weight is 405 g/mol. The molecular weight excluding hydrogens is 390 g/mol. The quantitative estimate of drug-likeness (QED) is 0.441. The summed E-state index contributed by atoms with van der Waals surface area (Å²) in [5, 5.41) is 38.7. The van der Waals surface area contributed by atoms with Gasteiger partial charge in [0.1, 0.15) is 11.6 Å². The number of aromatic amines is 1. The molecule has 0 saturated heterocycles. The standard InChI is InChI=1S/C20H15N5O5/c1-29-18-13(25(27)28)7-11(8-14(18)26)15-12(9-21)19(22)30-20-16(15)17(23-24-20)10-5-3-2-4-6-10/h2-8,15,26H,22H2,1H3,(H,23,24).